The van der Waals surface area contributed by atoms with E-state index in [-0.39, 0.29) is 11.9 Å². The molecule has 2 nitrogen and oxygen atoms in total. The Morgan fingerprint density at radius 3 is 2.74 bits per heavy atom. The van der Waals surface area contributed by atoms with Gasteiger partial charge in [-0.3, -0.25) is 4.90 Å². The van der Waals surface area contributed by atoms with E-state index < -0.39 is 0 Å². The van der Waals surface area contributed by atoms with Crippen molar-refractivity contribution in [1.29, 1.82) is 0 Å². The Labute approximate surface area is 123 Å². The highest BCUT2D eigenvalue weighted by Crippen LogP contribution is 2.26. The van der Waals surface area contributed by atoms with Crippen LogP contribution in [-0.4, -0.2) is 31.6 Å². The third-order valence-electron chi connectivity index (χ3n) is 4.08. The van der Waals surface area contributed by atoms with Gasteiger partial charge in [0, 0.05) is 22.6 Å². The molecule has 0 aliphatic carbocycles. The highest BCUT2D eigenvalue weighted by molar-refractivity contribution is 9.10. The van der Waals surface area contributed by atoms with Crippen LogP contribution in [0.4, 0.5) is 4.39 Å². The van der Waals surface area contributed by atoms with Gasteiger partial charge in [-0.25, -0.2) is 4.39 Å². The molecule has 1 saturated heterocycles. The Hall–Kier alpha value is -0.450. The van der Waals surface area contributed by atoms with Crippen LogP contribution >= 0.6 is 15.9 Å². The highest BCUT2D eigenvalue weighted by atomic mass is 79.9. The van der Waals surface area contributed by atoms with Gasteiger partial charge in [-0.1, -0.05) is 22.0 Å². The summed E-state index contributed by atoms with van der Waals surface area (Å²) in [6, 6.07) is 5.45. The summed E-state index contributed by atoms with van der Waals surface area (Å²) in [5.74, 6) is 0.603. The van der Waals surface area contributed by atoms with Crippen LogP contribution in [0.2, 0.25) is 0 Å². The summed E-state index contributed by atoms with van der Waals surface area (Å²) >= 11 is 3.30. The molecule has 1 aliphatic heterocycles. The zero-order chi connectivity index (χ0) is 13.8. The fraction of sp³-hybridized carbons (Fsp3) is 0.600. The fourth-order valence-electron chi connectivity index (χ4n) is 2.71. The van der Waals surface area contributed by atoms with Crippen LogP contribution in [0, 0.1) is 11.7 Å². The van der Waals surface area contributed by atoms with Crippen LogP contribution in [0.25, 0.3) is 0 Å². The van der Waals surface area contributed by atoms with Crippen molar-refractivity contribution in [3.05, 3.63) is 34.1 Å². The number of halogens is 2. The Bertz CT molecular complexity index is 419. The summed E-state index contributed by atoms with van der Waals surface area (Å²) in [5.41, 5.74) is 0.777. The number of hydrogen-bond donors (Lipinski definition) is 1. The van der Waals surface area contributed by atoms with E-state index in [2.05, 4.69) is 40.1 Å². The number of nitrogens with zero attached hydrogens (tertiary/aromatic N) is 1. The molecule has 0 aromatic heterocycles. The Balaban J connectivity index is 1.99. The minimum absolute atomic E-state index is 0.114. The van der Waals surface area contributed by atoms with E-state index in [1.165, 1.54) is 12.8 Å². The number of nitrogens with one attached hydrogen (secondary N) is 1. The Morgan fingerprint density at radius 2 is 2.11 bits per heavy atom. The average Bonchev–Trinajstić information content (AvgIpc) is 2.39. The maximum Gasteiger partial charge on any atom is 0.129 e. The van der Waals surface area contributed by atoms with Gasteiger partial charge in [0.2, 0.25) is 0 Å². The van der Waals surface area contributed by atoms with Gasteiger partial charge in [0.1, 0.15) is 5.82 Å². The molecule has 1 aliphatic rings. The predicted octanol–water partition coefficient (Wildman–Crippen LogP) is 3.58. The SMILES string of the molecule is CC(c1ccc(Br)cc1F)N(C)CC1CCNCC1. The molecule has 2 rings (SSSR count). The molecule has 0 saturated carbocycles. The van der Waals surface area contributed by atoms with Gasteiger partial charge >= 0.3 is 0 Å². The zero-order valence-corrected chi connectivity index (χ0v) is 13.2. The molecule has 1 aromatic rings. The molecule has 1 heterocycles. The second-order valence-electron chi connectivity index (χ2n) is 5.47. The maximum atomic E-state index is 14.0. The van der Waals surface area contributed by atoms with Gasteiger partial charge in [0.05, 0.1) is 0 Å². The van der Waals surface area contributed by atoms with Crippen molar-refractivity contribution < 1.29 is 4.39 Å². The number of rotatable bonds is 4. The lowest BCUT2D eigenvalue weighted by atomic mass is 9.96. The second-order valence-corrected chi connectivity index (χ2v) is 6.39. The van der Waals surface area contributed by atoms with Crippen LogP contribution in [-0.2, 0) is 0 Å². The number of piperidine rings is 1. The lowest BCUT2D eigenvalue weighted by Gasteiger charge is -2.31. The molecule has 1 aromatic carbocycles. The number of benzene rings is 1. The van der Waals surface area contributed by atoms with Crippen LogP contribution in [0.1, 0.15) is 31.4 Å². The lowest BCUT2D eigenvalue weighted by Crippen LogP contribution is -2.35. The van der Waals surface area contributed by atoms with Crippen LogP contribution in [0.3, 0.4) is 0 Å². The molecule has 0 bridgehead atoms. The minimum atomic E-state index is -0.126. The summed E-state index contributed by atoms with van der Waals surface area (Å²) in [6.07, 6.45) is 2.44. The molecule has 0 spiro atoms. The molecular weight excluding hydrogens is 307 g/mol. The van der Waals surface area contributed by atoms with Gasteiger partial charge in [0.25, 0.3) is 0 Å². The summed E-state index contributed by atoms with van der Waals surface area (Å²) in [5, 5.41) is 3.38. The van der Waals surface area contributed by atoms with Gasteiger partial charge in [0.15, 0.2) is 0 Å². The lowest BCUT2D eigenvalue weighted by molar-refractivity contribution is 0.194. The topological polar surface area (TPSA) is 15.3 Å². The third-order valence-corrected chi connectivity index (χ3v) is 4.57. The third kappa shape index (κ3) is 4.01. The molecule has 19 heavy (non-hydrogen) atoms. The zero-order valence-electron chi connectivity index (χ0n) is 11.6. The molecule has 0 radical (unpaired) electrons. The summed E-state index contributed by atoms with van der Waals surface area (Å²) < 4.78 is 14.8. The normalized spacial score (nSPS) is 18.8. The highest BCUT2D eigenvalue weighted by Gasteiger charge is 2.20. The molecular formula is C15H22BrFN2. The molecule has 1 atom stereocenters. The van der Waals surface area contributed by atoms with E-state index >= 15 is 0 Å². The van der Waals surface area contributed by atoms with Crippen molar-refractivity contribution in [2.24, 2.45) is 5.92 Å². The number of hydrogen-bond acceptors (Lipinski definition) is 2. The van der Waals surface area contributed by atoms with Crippen molar-refractivity contribution in [3.63, 3.8) is 0 Å². The predicted molar refractivity (Wildman–Crippen MR) is 80.7 cm³/mol. The van der Waals surface area contributed by atoms with Gasteiger partial charge in [-0.05, 0) is 58.0 Å². The van der Waals surface area contributed by atoms with E-state index in [0.29, 0.717) is 0 Å². The first-order chi connectivity index (χ1) is 9.08. The van der Waals surface area contributed by atoms with Crippen molar-refractivity contribution in [2.75, 3.05) is 26.7 Å². The Morgan fingerprint density at radius 1 is 1.42 bits per heavy atom. The van der Waals surface area contributed by atoms with Crippen molar-refractivity contribution in [2.45, 2.75) is 25.8 Å². The van der Waals surface area contributed by atoms with Crippen LogP contribution in [0.15, 0.2) is 22.7 Å². The molecule has 1 fully saturated rings. The first-order valence-corrected chi connectivity index (χ1v) is 7.73. The standard InChI is InChI=1S/C15H22BrFN2/c1-11(14-4-3-13(16)9-15(14)17)19(2)10-12-5-7-18-8-6-12/h3-4,9,11-12,18H,5-8,10H2,1-2H3. The monoisotopic (exact) mass is 328 g/mol. The van der Waals surface area contributed by atoms with Gasteiger partial charge in [-0.2, -0.15) is 0 Å². The van der Waals surface area contributed by atoms with E-state index in [0.717, 1.165) is 35.6 Å². The van der Waals surface area contributed by atoms with E-state index in [1.54, 1.807) is 6.07 Å². The molecule has 106 valence electrons. The molecule has 1 unspecified atom stereocenters. The van der Waals surface area contributed by atoms with E-state index in [4.69, 9.17) is 0 Å². The van der Waals surface area contributed by atoms with Crippen molar-refractivity contribution in [1.82, 2.24) is 10.2 Å². The van der Waals surface area contributed by atoms with Gasteiger partial charge in [-0.15, -0.1) is 0 Å². The summed E-state index contributed by atoms with van der Waals surface area (Å²) in [7, 11) is 2.09. The second kappa shape index (κ2) is 6.82. The van der Waals surface area contributed by atoms with Crippen LogP contribution in [0.5, 0.6) is 0 Å². The maximum absolute atomic E-state index is 14.0. The fourth-order valence-corrected chi connectivity index (χ4v) is 3.04. The summed E-state index contributed by atoms with van der Waals surface area (Å²) in [6.45, 7) is 5.34. The van der Waals surface area contributed by atoms with Crippen molar-refractivity contribution in [3.8, 4) is 0 Å². The first-order valence-electron chi connectivity index (χ1n) is 6.94. The van der Waals surface area contributed by atoms with E-state index in [1.807, 2.05) is 12.1 Å². The van der Waals surface area contributed by atoms with Crippen LogP contribution < -0.4 is 5.32 Å². The van der Waals surface area contributed by atoms with Gasteiger partial charge < -0.3 is 5.32 Å². The summed E-state index contributed by atoms with van der Waals surface area (Å²) in [4.78, 5) is 2.27. The van der Waals surface area contributed by atoms with E-state index in [9.17, 15) is 4.39 Å². The molecule has 1 N–H and O–H groups in total. The molecule has 4 heteroatoms. The quantitative estimate of drug-likeness (QED) is 0.908. The van der Waals surface area contributed by atoms with Crippen molar-refractivity contribution >= 4 is 15.9 Å². The molecule has 0 amide bonds. The first kappa shape index (κ1) is 14.9. The Kier molecular flexibility index (Phi) is 5.37. The minimum Gasteiger partial charge on any atom is -0.317 e. The average molecular weight is 329 g/mol. The largest absolute Gasteiger partial charge is 0.317 e. The smallest absolute Gasteiger partial charge is 0.129 e.